The molecule has 2 fully saturated rings. The third-order valence-corrected chi connectivity index (χ3v) is 10.0. The molecule has 3 aliphatic rings. The summed E-state index contributed by atoms with van der Waals surface area (Å²) in [6.07, 6.45) is 2.64. The van der Waals surface area contributed by atoms with Crippen molar-refractivity contribution in [3.63, 3.8) is 0 Å². The lowest BCUT2D eigenvalue weighted by atomic mass is 9.83. The van der Waals surface area contributed by atoms with Gasteiger partial charge in [0.15, 0.2) is 6.61 Å². The molecule has 3 heterocycles. The number of hydrogen-bond donors (Lipinski definition) is 2. The fraction of sp³-hybridized carbons (Fsp3) is 0.324. The lowest BCUT2D eigenvalue weighted by molar-refractivity contribution is -0.128. The third kappa shape index (κ3) is 6.27. The van der Waals surface area contributed by atoms with Gasteiger partial charge in [-0.25, -0.2) is 4.39 Å². The number of aromatic nitrogens is 2. The summed E-state index contributed by atoms with van der Waals surface area (Å²) in [6.45, 7) is 3.67. The number of carbonyl (C=O) groups is 1. The van der Waals surface area contributed by atoms with Crippen LogP contribution in [0.25, 0.3) is 17.0 Å². The van der Waals surface area contributed by atoms with Gasteiger partial charge in [0, 0.05) is 37.3 Å². The molecule has 238 valence electrons. The number of piperazine rings is 1. The molecule has 7 rings (SSSR count). The summed E-state index contributed by atoms with van der Waals surface area (Å²) < 4.78 is 25.7. The zero-order valence-corrected chi connectivity index (χ0v) is 27.2. The number of halogens is 4. The molecule has 0 radical (unpaired) electrons. The van der Waals surface area contributed by atoms with E-state index in [-0.39, 0.29) is 52.9 Å². The molecule has 4 aromatic rings. The van der Waals surface area contributed by atoms with Gasteiger partial charge in [-0.1, -0.05) is 70.3 Å². The van der Waals surface area contributed by atoms with E-state index in [1.807, 2.05) is 41.3 Å². The van der Waals surface area contributed by atoms with Crippen LogP contribution < -0.4 is 15.4 Å². The SMILES string of the molecule is Cc1ccc(F)c(-c2noc(COc3ccc(C4=C(C(=O)N(Cc5cccc(Cl)c5Cl)C5CC5)[C@H]5CNC[C@@H](C4)N5)cc3)n2)c1Cl. The summed E-state index contributed by atoms with van der Waals surface area (Å²) in [7, 11) is 0. The van der Waals surface area contributed by atoms with Crippen LogP contribution in [-0.2, 0) is 17.9 Å². The number of rotatable bonds is 9. The monoisotopic (exact) mass is 681 g/mol. The van der Waals surface area contributed by atoms with Crippen molar-refractivity contribution in [2.24, 2.45) is 0 Å². The van der Waals surface area contributed by atoms with Crippen molar-refractivity contribution in [2.75, 3.05) is 13.1 Å². The van der Waals surface area contributed by atoms with Gasteiger partial charge in [0.05, 0.1) is 26.7 Å². The van der Waals surface area contributed by atoms with Crippen LogP contribution in [0.1, 0.15) is 41.8 Å². The van der Waals surface area contributed by atoms with Crippen LogP contribution >= 0.6 is 34.8 Å². The molecule has 8 nitrogen and oxygen atoms in total. The lowest BCUT2D eigenvalue weighted by Crippen LogP contribution is -2.60. The molecular formula is C34H31Cl3FN5O3. The van der Waals surface area contributed by atoms with E-state index in [4.69, 9.17) is 44.1 Å². The smallest absolute Gasteiger partial charge is 0.264 e. The Morgan fingerprint density at radius 3 is 2.65 bits per heavy atom. The van der Waals surface area contributed by atoms with Crippen LogP contribution in [0.5, 0.6) is 5.75 Å². The quantitative estimate of drug-likeness (QED) is 0.196. The second-order valence-electron chi connectivity index (χ2n) is 11.9. The first kappa shape index (κ1) is 31.1. The number of amides is 1. The molecule has 1 saturated heterocycles. The number of fused-ring (bicyclic) bond motifs is 2. The first-order chi connectivity index (χ1) is 22.3. The number of benzene rings is 3. The molecule has 1 aliphatic carbocycles. The molecule has 2 N–H and O–H groups in total. The summed E-state index contributed by atoms with van der Waals surface area (Å²) in [6, 6.07) is 16.4. The van der Waals surface area contributed by atoms with Crippen LogP contribution in [0.2, 0.25) is 15.1 Å². The zero-order chi connectivity index (χ0) is 31.9. The van der Waals surface area contributed by atoms with E-state index in [1.54, 1.807) is 19.1 Å². The average Bonchev–Trinajstić information content (AvgIpc) is 3.80. The Morgan fingerprint density at radius 2 is 1.87 bits per heavy atom. The van der Waals surface area contributed by atoms with Gasteiger partial charge in [0.25, 0.3) is 11.8 Å². The largest absolute Gasteiger partial charge is 0.484 e. The number of aryl methyl sites for hydroxylation is 1. The predicted octanol–water partition coefficient (Wildman–Crippen LogP) is 7.00. The third-order valence-electron chi connectivity index (χ3n) is 8.69. The molecule has 2 atom stereocenters. The van der Waals surface area contributed by atoms with Crippen LogP contribution in [0, 0.1) is 12.7 Å². The van der Waals surface area contributed by atoms with E-state index in [0.29, 0.717) is 40.9 Å². The van der Waals surface area contributed by atoms with Crippen molar-refractivity contribution in [2.45, 2.75) is 57.5 Å². The predicted molar refractivity (Wildman–Crippen MR) is 175 cm³/mol. The molecule has 0 spiro atoms. The van der Waals surface area contributed by atoms with Crippen molar-refractivity contribution in [1.82, 2.24) is 25.7 Å². The van der Waals surface area contributed by atoms with Crippen LogP contribution in [0.3, 0.4) is 0 Å². The summed E-state index contributed by atoms with van der Waals surface area (Å²) in [4.78, 5) is 20.6. The Morgan fingerprint density at radius 1 is 1.07 bits per heavy atom. The summed E-state index contributed by atoms with van der Waals surface area (Å²) in [5, 5.41) is 12.2. The van der Waals surface area contributed by atoms with E-state index >= 15 is 0 Å². The minimum Gasteiger partial charge on any atom is -0.484 e. The number of nitrogens with zero attached hydrogens (tertiary/aromatic N) is 3. The van der Waals surface area contributed by atoms with Gasteiger partial charge in [-0.3, -0.25) is 4.79 Å². The standard InChI is InChI=1S/C34H31Cl3FN5O3/c1-18-5-12-26(38)30(31(18)36)33-41-28(46-42-33)17-45-23-10-6-19(7-11-23)24-13-21-14-39-15-27(40-21)29(24)34(44)43(22-8-9-22)16-20-3-2-4-25(35)32(20)37/h2-7,10-12,21-22,27,39-40H,8-9,13-17H2,1H3/t21-,27-/m1/s1. The highest BCUT2D eigenvalue weighted by molar-refractivity contribution is 6.42. The maximum atomic E-state index is 14.5. The van der Waals surface area contributed by atoms with Crippen LogP contribution in [0.4, 0.5) is 4.39 Å². The van der Waals surface area contributed by atoms with E-state index in [2.05, 4.69) is 20.8 Å². The first-order valence-electron chi connectivity index (χ1n) is 15.2. The highest BCUT2D eigenvalue weighted by Crippen LogP contribution is 2.38. The maximum absolute atomic E-state index is 14.5. The summed E-state index contributed by atoms with van der Waals surface area (Å²) in [5.74, 6) is 0.324. The highest BCUT2D eigenvalue weighted by Gasteiger charge is 2.41. The Balaban J connectivity index is 1.12. The average molecular weight is 683 g/mol. The summed E-state index contributed by atoms with van der Waals surface area (Å²) >= 11 is 19.1. The van der Waals surface area contributed by atoms with Gasteiger partial charge in [-0.2, -0.15) is 4.98 Å². The molecule has 46 heavy (non-hydrogen) atoms. The molecule has 2 aliphatic heterocycles. The van der Waals surface area contributed by atoms with E-state index < -0.39 is 5.82 Å². The normalized spacial score (nSPS) is 19.3. The molecule has 1 amide bonds. The van der Waals surface area contributed by atoms with Crippen molar-refractivity contribution < 1.29 is 18.4 Å². The van der Waals surface area contributed by atoms with Gasteiger partial charge in [-0.05, 0) is 72.7 Å². The molecule has 3 aromatic carbocycles. The number of nitrogens with one attached hydrogen (secondary N) is 2. The molecule has 12 heteroatoms. The minimum absolute atomic E-state index is 0.00796. The topological polar surface area (TPSA) is 92.5 Å². The lowest BCUT2D eigenvalue weighted by Gasteiger charge is -2.41. The fourth-order valence-corrected chi connectivity index (χ4v) is 6.79. The Kier molecular flexibility index (Phi) is 8.78. The van der Waals surface area contributed by atoms with E-state index in [9.17, 15) is 9.18 Å². The van der Waals surface area contributed by atoms with Crippen molar-refractivity contribution >= 4 is 46.3 Å². The summed E-state index contributed by atoms with van der Waals surface area (Å²) in [5.41, 5.74) is 4.42. The number of ether oxygens (including phenoxy) is 1. The Hall–Kier alpha value is -3.47. The maximum Gasteiger partial charge on any atom is 0.264 e. The fourth-order valence-electron chi connectivity index (χ4n) is 6.17. The van der Waals surface area contributed by atoms with Gasteiger partial charge >= 0.3 is 0 Å². The van der Waals surface area contributed by atoms with Crippen LogP contribution in [0.15, 0.2) is 64.7 Å². The molecule has 1 aromatic heterocycles. The van der Waals surface area contributed by atoms with Gasteiger partial charge in [-0.15, -0.1) is 0 Å². The Labute approximate surface area is 280 Å². The van der Waals surface area contributed by atoms with Gasteiger partial charge in [0.1, 0.15) is 11.6 Å². The Bertz CT molecular complexity index is 1830. The van der Waals surface area contributed by atoms with Crippen molar-refractivity contribution in [1.29, 1.82) is 0 Å². The van der Waals surface area contributed by atoms with E-state index in [0.717, 1.165) is 41.7 Å². The second kappa shape index (κ2) is 13.0. The first-order valence-corrected chi connectivity index (χ1v) is 16.3. The molecule has 1 saturated carbocycles. The highest BCUT2D eigenvalue weighted by atomic mass is 35.5. The van der Waals surface area contributed by atoms with Crippen molar-refractivity contribution in [3.8, 4) is 17.1 Å². The zero-order valence-electron chi connectivity index (χ0n) is 25.0. The van der Waals surface area contributed by atoms with Crippen molar-refractivity contribution in [3.05, 3.63) is 104 Å². The molecule has 0 unspecified atom stereocenters. The number of carbonyl (C=O) groups excluding carboxylic acids is 1. The second-order valence-corrected chi connectivity index (χ2v) is 13.1. The van der Waals surface area contributed by atoms with E-state index in [1.165, 1.54) is 6.07 Å². The van der Waals surface area contributed by atoms with Crippen LogP contribution in [-0.4, -0.2) is 52.2 Å². The molecular weight excluding hydrogens is 652 g/mol. The van der Waals surface area contributed by atoms with Gasteiger partial charge in [0.2, 0.25) is 5.82 Å². The molecule has 2 bridgehead atoms. The van der Waals surface area contributed by atoms with Gasteiger partial charge < -0.3 is 24.8 Å². The minimum atomic E-state index is -0.530. The number of hydrogen-bond acceptors (Lipinski definition) is 7.